The Kier molecular flexibility index (Phi) is 19.7. The molecule has 0 aliphatic carbocycles. The number of benzene rings is 2. The fraction of sp³-hybridized carbons (Fsp3) is 0.667. The van der Waals surface area contributed by atoms with Gasteiger partial charge in [0, 0.05) is 12.1 Å². The molecule has 8 N–H and O–H groups in total. The van der Waals surface area contributed by atoms with Crippen LogP contribution in [0.1, 0.15) is 77.3 Å². The predicted octanol–water partition coefficient (Wildman–Crippen LogP) is 5.10. The molecule has 42 heavy (non-hydrogen) atoms. The monoisotopic (exact) mass is 581 g/mol. The predicted molar refractivity (Wildman–Crippen MR) is 184 cm³/mol. The molecule has 0 aliphatic heterocycles. The summed E-state index contributed by atoms with van der Waals surface area (Å²) in [5.41, 5.74) is 17.3. The second kappa shape index (κ2) is 22.7. The molecule has 0 amide bonds. The first-order valence-corrected chi connectivity index (χ1v) is 16.9. The third kappa shape index (κ3) is 16.7. The second-order valence-corrected chi connectivity index (χ2v) is 12.9. The summed E-state index contributed by atoms with van der Waals surface area (Å²) < 4.78 is 0. The number of hydrogen-bond donors (Lipinski definition) is 6. The topological polar surface area (TPSA) is 100 Å². The van der Waals surface area contributed by atoms with Crippen LogP contribution in [0.3, 0.4) is 0 Å². The molecule has 0 aromatic heterocycles. The maximum Gasteiger partial charge on any atom is 0.0108 e. The van der Waals surface area contributed by atoms with Crippen LogP contribution >= 0.6 is 0 Å². The van der Waals surface area contributed by atoms with Crippen LogP contribution in [-0.4, -0.2) is 64.4 Å². The van der Waals surface area contributed by atoms with Gasteiger partial charge >= 0.3 is 0 Å². The van der Waals surface area contributed by atoms with Crippen molar-refractivity contribution in [1.82, 2.24) is 21.3 Å². The van der Waals surface area contributed by atoms with Crippen LogP contribution in [0.15, 0.2) is 48.5 Å². The summed E-state index contributed by atoms with van der Waals surface area (Å²) in [6, 6.07) is 19.0. The molecule has 0 saturated heterocycles. The van der Waals surface area contributed by atoms with E-state index >= 15 is 0 Å². The standard InChI is InChI=1S/C36H64N6/c1-29(2)27-39-18-10-20-41-35(14-8-16-37)25-31-22-32(24-34(23-31)33-12-6-5-7-13-33)26-36(15-9-17-38)42-21-11-19-40-28-30(3)4/h5-7,12-13,22-24,29-30,35-36,39-42H,8-11,14-21,25-28,37-38H2,1-4H3. The highest BCUT2D eigenvalue weighted by atomic mass is 14.9. The van der Waals surface area contributed by atoms with Crippen LogP contribution in [0.5, 0.6) is 0 Å². The number of nitrogens with one attached hydrogen (secondary N) is 4. The van der Waals surface area contributed by atoms with Crippen LogP contribution in [0.25, 0.3) is 11.1 Å². The van der Waals surface area contributed by atoms with E-state index in [1.54, 1.807) is 0 Å². The average Bonchev–Trinajstić information content (AvgIpc) is 2.97. The van der Waals surface area contributed by atoms with Gasteiger partial charge in [0.15, 0.2) is 0 Å². The van der Waals surface area contributed by atoms with Gasteiger partial charge in [-0.3, -0.25) is 0 Å². The van der Waals surface area contributed by atoms with Gasteiger partial charge in [-0.05, 0) is 138 Å². The quantitative estimate of drug-likeness (QED) is 0.0914. The fourth-order valence-electron chi connectivity index (χ4n) is 5.47. The Morgan fingerprint density at radius 2 is 1.05 bits per heavy atom. The normalized spacial score (nSPS) is 13.2. The molecule has 2 rings (SSSR count). The summed E-state index contributed by atoms with van der Waals surface area (Å²) in [7, 11) is 0. The highest BCUT2D eigenvalue weighted by Gasteiger charge is 2.14. The summed E-state index contributed by atoms with van der Waals surface area (Å²) in [5, 5.41) is 14.9. The first kappa shape index (κ1) is 36.4. The molecule has 238 valence electrons. The molecule has 2 aromatic carbocycles. The molecule has 2 aromatic rings. The molecule has 0 radical (unpaired) electrons. The zero-order valence-corrected chi connectivity index (χ0v) is 27.4. The molecule has 0 bridgehead atoms. The summed E-state index contributed by atoms with van der Waals surface area (Å²) in [5.74, 6) is 1.39. The molecule has 0 heterocycles. The Morgan fingerprint density at radius 1 is 0.571 bits per heavy atom. The van der Waals surface area contributed by atoms with E-state index < -0.39 is 0 Å². The Bertz CT molecular complexity index is 864. The molecule has 0 spiro atoms. The van der Waals surface area contributed by atoms with Crippen LogP contribution in [0.2, 0.25) is 0 Å². The lowest BCUT2D eigenvalue weighted by Gasteiger charge is -2.22. The molecular weight excluding hydrogens is 516 g/mol. The van der Waals surface area contributed by atoms with Gasteiger partial charge < -0.3 is 32.7 Å². The van der Waals surface area contributed by atoms with Crippen LogP contribution < -0.4 is 32.7 Å². The zero-order valence-electron chi connectivity index (χ0n) is 27.4. The Morgan fingerprint density at radius 3 is 1.48 bits per heavy atom. The minimum Gasteiger partial charge on any atom is -0.330 e. The molecule has 2 atom stereocenters. The average molecular weight is 581 g/mol. The van der Waals surface area contributed by atoms with Crippen molar-refractivity contribution < 1.29 is 0 Å². The van der Waals surface area contributed by atoms with E-state index in [1.165, 1.54) is 22.3 Å². The minimum absolute atomic E-state index is 0.432. The van der Waals surface area contributed by atoms with Crippen molar-refractivity contribution >= 4 is 0 Å². The zero-order chi connectivity index (χ0) is 30.4. The molecule has 0 fully saturated rings. The lowest BCUT2D eigenvalue weighted by Crippen LogP contribution is -2.35. The summed E-state index contributed by atoms with van der Waals surface area (Å²) >= 11 is 0. The van der Waals surface area contributed by atoms with Crippen LogP contribution in [-0.2, 0) is 12.8 Å². The van der Waals surface area contributed by atoms with E-state index in [1.807, 2.05) is 0 Å². The summed E-state index contributed by atoms with van der Waals surface area (Å²) in [6.07, 6.45) is 8.63. The molecule has 6 nitrogen and oxygen atoms in total. The SMILES string of the molecule is CC(C)CNCCCNC(CCCN)Cc1cc(CC(CCCN)NCCCNCC(C)C)cc(-c2ccccc2)c1. The minimum atomic E-state index is 0.432. The van der Waals surface area contributed by atoms with Gasteiger partial charge in [-0.2, -0.15) is 0 Å². The van der Waals surface area contributed by atoms with E-state index in [0.717, 1.165) is 104 Å². The smallest absolute Gasteiger partial charge is 0.0108 e. The van der Waals surface area contributed by atoms with E-state index in [9.17, 15) is 0 Å². The van der Waals surface area contributed by atoms with E-state index in [2.05, 4.69) is 97.5 Å². The summed E-state index contributed by atoms with van der Waals surface area (Å²) in [6.45, 7) is 16.9. The van der Waals surface area contributed by atoms with Crippen LogP contribution in [0, 0.1) is 11.8 Å². The highest BCUT2D eigenvalue weighted by molar-refractivity contribution is 5.65. The van der Waals surface area contributed by atoms with Gasteiger partial charge in [0.05, 0.1) is 0 Å². The lowest BCUT2D eigenvalue weighted by molar-refractivity contribution is 0.449. The third-order valence-corrected chi connectivity index (χ3v) is 7.67. The molecule has 6 heteroatoms. The van der Waals surface area contributed by atoms with Gasteiger partial charge in [0.1, 0.15) is 0 Å². The van der Waals surface area contributed by atoms with Gasteiger partial charge in [-0.15, -0.1) is 0 Å². The maximum atomic E-state index is 5.93. The van der Waals surface area contributed by atoms with Crippen molar-refractivity contribution in [2.45, 2.75) is 91.1 Å². The first-order chi connectivity index (χ1) is 20.4. The second-order valence-electron chi connectivity index (χ2n) is 12.9. The molecule has 0 aliphatic rings. The van der Waals surface area contributed by atoms with Crippen LogP contribution in [0.4, 0.5) is 0 Å². The van der Waals surface area contributed by atoms with Gasteiger partial charge in [-0.25, -0.2) is 0 Å². The number of rotatable bonds is 25. The number of nitrogens with two attached hydrogens (primary N) is 2. The largest absolute Gasteiger partial charge is 0.330 e. The molecule has 0 saturated carbocycles. The summed E-state index contributed by atoms with van der Waals surface area (Å²) in [4.78, 5) is 0. The van der Waals surface area contributed by atoms with Gasteiger partial charge in [0.2, 0.25) is 0 Å². The Labute approximate surface area is 258 Å². The van der Waals surface area contributed by atoms with Crippen molar-refractivity contribution in [2.24, 2.45) is 23.3 Å². The van der Waals surface area contributed by atoms with E-state index in [0.29, 0.717) is 23.9 Å². The highest BCUT2D eigenvalue weighted by Crippen LogP contribution is 2.25. The van der Waals surface area contributed by atoms with E-state index in [4.69, 9.17) is 11.5 Å². The number of hydrogen-bond acceptors (Lipinski definition) is 6. The van der Waals surface area contributed by atoms with Crippen molar-refractivity contribution in [2.75, 3.05) is 52.4 Å². The maximum absolute atomic E-state index is 5.93. The van der Waals surface area contributed by atoms with Crippen molar-refractivity contribution in [3.05, 3.63) is 59.7 Å². The Balaban J connectivity index is 2.13. The molecule has 2 unspecified atom stereocenters. The first-order valence-electron chi connectivity index (χ1n) is 16.9. The third-order valence-electron chi connectivity index (χ3n) is 7.67. The van der Waals surface area contributed by atoms with Crippen molar-refractivity contribution in [3.8, 4) is 11.1 Å². The van der Waals surface area contributed by atoms with Gasteiger partial charge in [0.25, 0.3) is 0 Å². The van der Waals surface area contributed by atoms with Gasteiger partial charge in [-0.1, -0.05) is 76.2 Å². The molecular formula is C36H64N6. The Hall–Kier alpha value is -1.80. The van der Waals surface area contributed by atoms with Crippen molar-refractivity contribution in [1.29, 1.82) is 0 Å². The van der Waals surface area contributed by atoms with Crippen molar-refractivity contribution in [3.63, 3.8) is 0 Å². The lowest BCUT2D eigenvalue weighted by atomic mass is 9.92. The van der Waals surface area contributed by atoms with E-state index in [-0.39, 0.29) is 0 Å². The fourth-order valence-corrected chi connectivity index (χ4v) is 5.47.